The monoisotopic (exact) mass is 267 g/mol. The summed E-state index contributed by atoms with van der Waals surface area (Å²) in [5, 5.41) is 13.2. The molecule has 0 heterocycles. The number of phenols is 1. The highest BCUT2D eigenvalue weighted by Gasteiger charge is 2.41. The van der Waals surface area contributed by atoms with Crippen molar-refractivity contribution in [2.45, 2.75) is 32.2 Å². The summed E-state index contributed by atoms with van der Waals surface area (Å²) in [7, 11) is 1.72. The molecular formula is C15H22FNO2. The molecule has 0 saturated heterocycles. The summed E-state index contributed by atoms with van der Waals surface area (Å²) in [6.07, 6.45) is 3.48. The van der Waals surface area contributed by atoms with Crippen molar-refractivity contribution in [1.29, 1.82) is 0 Å². The summed E-state index contributed by atoms with van der Waals surface area (Å²) in [5.41, 5.74) is 0.954. The Bertz CT molecular complexity index is 432. The minimum absolute atomic E-state index is 0.0595. The Balaban J connectivity index is 1.90. The lowest BCUT2D eigenvalue weighted by Gasteiger charge is -2.21. The van der Waals surface area contributed by atoms with E-state index >= 15 is 0 Å². The molecule has 1 fully saturated rings. The topological polar surface area (TPSA) is 41.5 Å². The second-order valence-electron chi connectivity index (χ2n) is 5.55. The van der Waals surface area contributed by atoms with E-state index in [1.807, 2.05) is 6.92 Å². The van der Waals surface area contributed by atoms with Gasteiger partial charge in [0.25, 0.3) is 0 Å². The van der Waals surface area contributed by atoms with Gasteiger partial charge in [-0.2, -0.15) is 0 Å². The first-order valence-corrected chi connectivity index (χ1v) is 6.77. The van der Waals surface area contributed by atoms with Crippen LogP contribution in [0.2, 0.25) is 0 Å². The summed E-state index contributed by atoms with van der Waals surface area (Å²) in [5.74, 6) is -0.176. The molecule has 0 radical (unpaired) electrons. The van der Waals surface area contributed by atoms with Crippen LogP contribution in [0.1, 0.15) is 37.8 Å². The zero-order valence-electron chi connectivity index (χ0n) is 11.6. The van der Waals surface area contributed by atoms with Gasteiger partial charge in [-0.3, -0.25) is 0 Å². The predicted molar refractivity (Wildman–Crippen MR) is 72.6 cm³/mol. The van der Waals surface area contributed by atoms with Gasteiger partial charge in [-0.1, -0.05) is 0 Å². The first-order chi connectivity index (χ1) is 9.06. The molecule has 0 bridgehead atoms. The molecule has 106 valence electrons. The molecule has 0 amide bonds. The average Bonchev–Trinajstić information content (AvgIpc) is 3.17. The van der Waals surface area contributed by atoms with Gasteiger partial charge in [0.2, 0.25) is 0 Å². The van der Waals surface area contributed by atoms with Crippen LogP contribution in [0.5, 0.6) is 5.75 Å². The SMILES string of the molecule is COCCC1(CNC(C)c2cc(F)ccc2O)CC1. The summed E-state index contributed by atoms with van der Waals surface area (Å²) < 4.78 is 18.3. The molecule has 1 unspecified atom stereocenters. The number of rotatable bonds is 7. The number of methoxy groups -OCH3 is 1. The minimum atomic E-state index is -0.318. The molecular weight excluding hydrogens is 245 g/mol. The van der Waals surface area contributed by atoms with Crippen LogP contribution in [0.25, 0.3) is 0 Å². The molecule has 1 atom stereocenters. The first-order valence-electron chi connectivity index (χ1n) is 6.77. The molecule has 1 aromatic carbocycles. The Morgan fingerprint density at radius 3 is 2.84 bits per heavy atom. The lowest BCUT2D eigenvalue weighted by molar-refractivity contribution is 0.170. The molecule has 0 aromatic heterocycles. The number of phenolic OH excluding ortho intramolecular Hbond substituents is 1. The van der Waals surface area contributed by atoms with Crippen molar-refractivity contribution in [2.75, 3.05) is 20.3 Å². The number of nitrogens with one attached hydrogen (secondary N) is 1. The maximum absolute atomic E-state index is 13.2. The van der Waals surface area contributed by atoms with E-state index in [-0.39, 0.29) is 17.6 Å². The van der Waals surface area contributed by atoms with Gasteiger partial charge in [-0.25, -0.2) is 4.39 Å². The fraction of sp³-hybridized carbons (Fsp3) is 0.600. The van der Waals surface area contributed by atoms with Crippen LogP contribution in [0.4, 0.5) is 4.39 Å². The van der Waals surface area contributed by atoms with E-state index in [9.17, 15) is 9.50 Å². The van der Waals surface area contributed by atoms with Gasteiger partial charge in [0.1, 0.15) is 11.6 Å². The van der Waals surface area contributed by atoms with Gasteiger partial charge < -0.3 is 15.2 Å². The van der Waals surface area contributed by atoms with Crippen LogP contribution in [0.3, 0.4) is 0 Å². The standard InChI is InChI=1S/C15H22FNO2/c1-11(13-9-12(16)3-4-14(13)18)17-10-15(5-6-15)7-8-19-2/h3-4,9,11,17-18H,5-8,10H2,1-2H3. The fourth-order valence-electron chi connectivity index (χ4n) is 2.36. The molecule has 1 aliphatic carbocycles. The Hall–Kier alpha value is -1.13. The number of ether oxygens (including phenoxy) is 1. The van der Waals surface area contributed by atoms with Crippen LogP contribution < -0.4 is 5.32 Å². The normalized spacial score (nSPS) is 18.3. The lowest BCUT2D eigenvalue weighted by Crippen LogP contribution is -2.27. The van der Waals surface area contributed by atoms with E-state index < -0.39 is 0 Å². The highest BCUT2D eigenvalue weighted by atomic mass is 19.1. The third-order valence-electron chi connectivity index (χ3n) is 4.03. The lowest BCUT2D eigenvalue weighted by atomic mass is 10.0. The van der Waals surface area contributed by atoms with E-state index in [0.29, 0.717) is 11.0 Å². The molecule has 1 saturated carbocycles. The third kappa shape index (κ3) is 3.67. The first kappa shape index (κ1) is 14.3. The van der Waals surface area contributed by atoms with E-state index in [4.69, 9.17) is 4.74 Å². The number of halogens is 1. The van der Waals surface area contributed by atoms with Crippen LogP contribution in [0.15, 0.2) is 18.2 Å². The van der Waals surface area contributed by atoms with E-state index in [2.05, 4.69) is 5.32 Å². The van der Waals surface area contributed by atoms with Crippen LogP contribution in [-0.4, -0.2) is 25.4 Å². The fourth-order valence-corrected chi connectivity index (χ4v) is 2.36. The zero-order valence-corrected chi connectivity index (χ0v) is 11.6. The summed E-state index contributed by atoms with van der Waals surface area (Å²) in [4.78, 5) is 0. The molecule has 3 nitrogen and oxygen atoms in total. The molecule has 4 heteroatoms. The van der Waals surface area contributed by atoms with Crippen molar-refractivity contribution < 1.29 is 14.2 Å². The summed E-state index contributed by atoms with van der Waals surface area (Å²) in [6.45, 7) is 3.61. The van der Waals surface area contributed by atoms with E-state index in [1.54, 1.807) is 7.11 Å². The minimum Gasteiger partial charge on any atom is -0.508 e. The van der Waals surface area contributed by atoms with Gasteiger partial charge in [-0.15, -0.1) is 0 Å². The Morgan fingerprint density at radius 2 is 2.21 bits per heavy atom. The summed E-state index contributed by atoms with van der Waals surface area (Å²) in [6, 6.07) is 4.00. The molecule has 0 spiro atoms. The zero-order chi connectivity index (χ0) is 13.9. The van der Waals surface area contributed by atoms with Crippen molar-refractivity contribution in [2.24, 2.45) is 5.41 Å². The highest BCUT2D eigenvalue weighted by Crippen LogP contribution is 2.48. The number of benzene rings is 1. The van der Waals surface area contributed by atoms with Gasteiger partial charge >= 0.3 is 0 Å². The molecule has 1 aliphatic rings. The van der Waals surface area contributed by atoms with E-state index in [1.165, 1.54) is 31.0 Å². The van der Waals surface area contributed by atoms with Crippen LogP contribution in [-0.2, 0) is 4.74 Å². The van der Waals surface area contributed by atoms with Crippen molar-refractivity contribution in [3.05, 3.63) is 29.6 Å². The van der Waals surface area contributed by atoms with Crippen molar-refractivity contribution in [3.63, 3.8) is 0 Å². The summed E-state index contributed by atoms with van der Waals surface area (Å²) >= 11 is 0. The molecule has 1 aromatic rings. The van der Waals surface area contributed by atoms with Gasteiger partial charge in [-0.05, 0) is 49.8 Å². The third-order valence-corrected chi connectivity index (χ3v) is 4.03. The second-order valence-corrected chi connectivity index (χ2v) is 5.55. The number of hydrogen-bond donors (Lipinski definition) is 2. The molecule has 2 N–H and O–H groups in total. The number of aromatic hydroxyl groups is 1. The van der Waals surface area contributed by atoms with Gasteiger partial charge in [0.15, 0.2) is 0 Å². The largest absolute Gasteiger partial charge is 0.508 e. The van der Waals surface area contributed by atoms with Crippen LogP contribution in [0, 0.1) is 11.2 Å². The highest BCUT2D eigenvalue weighted by molar-refractivity contribution is 5.34. The van der Waals surface area contributed by atoms with Crippen LogP contribution >= 0.6 is 0 Å². The molecule has 0 aliphatic heterocycles. The molecule has 2 rings (SSSR count). The Kier molecular flexibility index (Phi) is 4.42. The van der Waals surface area contributed by atoms with Crippen molar-refractivity contribution >= 4 is 0 Å². The Labute approximate surface area is 113 Å². The van der Waals surface area contributed by atoms with E-state index in [0.717, 1.165) is 19.6 Å². The van der Waals surface area contributed by atoms with Gasteiger partial charge in [0.05, 0.1) is 0 Å². The van der Waals surface area contributed by atoms with Crippen molar-refractivity contribution in [3.8, 4) is 5.75 Å². The van der Waals surface area contributed by atoms with Gasteiger partial charge in [0, 0.05) is 31.9 Å². The maximum Gasteiger partial charge on any atom is 0.123 e. The Morgan fingerprint density at radius 1 is 1.47 bits per heavy atom. The smallest absolute Gasteiger partial charge is 0.123 e. The quantitative estimate of drug-likeness (QED) is 0.798. The second kappa shape index (κ2) is 5.88. The number of hydrogen-bond acceptors (Lipinski definition) is 3. The molecule has 19 heavy (non-hydrogen) atoms. The van der Waals surface area contributed by atoms with Crippen molar-refractivity contribution in [1.82, 2.24) is 5.32 Å². The average molecular weight is 267 g/mol. The predicted octanol–water partition coefficient (Wildman–Crippen LogP) is 3.00. The maximum atomic E-state index is 13.2.